The molecule has 0 aliphatic heterocycles. The third kappa shape index (κ3) is 5.17. The molecule has 0 spiro atoms. The number of alkyl halides is 3. The van der Waals surface area contributed by atoms with Gasteiger partial charge in [0.05, 0.1) is 17.7 Å². The van der Waals surface area contributed by atoms with Crippen LogP contribution >= 0.6 is 11.6 Å². The number of amides is 2. The van der Waals surface area contributed by atoms with Gasteiger partial charge < -0.3 is 11.1 Å². The molecule has 104 valence electrons. The number of nitrogens with two attached hydrogens (primary N) is 1. The van der Waals surface area contributed by atoms with E-state index in [9.17, 15) is 22.8 Å². The molecular weight excluding hydrogens is 285 g/mol. The molecule has 19 heavy (non-hydrogen) atoms. The summed E-state index contributed by atoms with van der Waals surface area (Å²) in [7, 11) is 0. The zero-order valence-electron chi connectivity index (χ0n) is 9.55. The lowest BCUT2D eigenvalue weighted by Crippen LogP contribution is -2.20. The number of benzene rings is 1. The fraction of sp³-hybridized carbons (Fsp3) is 0.273. The molecule has 0 radical (unpaired) electrons. The fourth-order valence-electron chi connectivity index (χ4n) is 1.30. The van der Waals surface area contributed by atoms with E-state index >= 15 is 0 Å². The van der Waals surface area contributed by atoms with Gasteiger partial charge in [-0.2, -0.15) is 13.2 Å². The second kappa shape index (κ2) is 5.92. The van der Waals surface area contributed by atoms with Crippen molar-refractivity contribution in [1.29, 1.82) is 0 Å². The quantitative estimate of drug-likeness (QED) is 0.896. The van der Waals surface area contributed by atoms with E-state index in [-0.39, 0.29) is 16.3 Å². The smallest absolute Gasteiger partial charge is 0.366 e. The standard InChI is InChI=1S/C11H10ClF3N2O2/c12-6-1-2-8(7(5-6)10(16)19)17-9(18)3-4-11(13,14)15/h1-2,5H,3-4H2,(H2,16,19)(H,17,18). The van der Waals surface area contributed by atoms with Crippen LogP contribution in [0.25, 0.3) is 0 Å². The zero-order valence-corrected chi connectivity index (χ0v) is 10.3. The molecule has 0 saturated heterocycles. The number of carbonyl (C=O) groups is 2. The van der Waals surface area contributed by atoms with E-state index in [2.05, 4.69) is 5.32 Å². The maximum atomic E-state index is 11.9. The van der Waals surface area contributed by atoms with E-state index in [4.69, 9.17) is 17.3 Å². The number of primary amides is 1. The highest BCUT2D eigenvalue weighted by Gasteiger charge is 2.28. The molecule has 1 rings (SSSR count). The Morgan fingerprint density at radius 1 is 1.32 bits per heavy atom. The van der Waals surface area contributed by atoms with Gasteiger partial charge in [0.25, 0.3) is 5.91 Å². The van der Waals surface area contributed by atoms with Crippen LogP contribution in [-0.4, -0.2) is 18.0 Å². The molecule has 2 amide bonds. The van der Waals surface area contributed by atoms with Crippen LogP contribution in [-0.2, 0) is 4.79 Å². The van der Waals surface area contributed by atoms with Crippen LogP contribution in [0.1, 0.15) is 23.2 Å². The van der Waals surface area contributed by atoms with Crippen molar-refractivity contribution in [3.05, 3.63) is 28.8 Å². The van der Waals surface area contributed by atoms with Gasteiger partial charge in [0.2, 0.25) is 5.91 Å². The topological polar surface area (TPSA) is 72.2 Å². The number of anilines is 1. The van der Waals surface area contributed by atoms with Crippen LogP contribution in [0, 0.1) is 0 Å². The first kappa shape index (κ1) is 15.3. The Hall–Kier alpha value is -1.76. The average molecular weight is 295 g/mol. The van der Waals surface area contributed by atoms with Gasteiger partial charge in [0, 0.05) is 11.4 Å². The third-order valence-electron chi connectivity index (χ3n) is 2.16. The molecule has 8 heteroatoms. The summed E-state index contributed by atoms with van der Waals surface area (Å²) in [6, 6.07) is 3.91. The minimum atomic E-state index is -4.41. The monoisotopic (exact) mass is 294 g/mol. The summed E-state index contributed by atoms with van der Waals surface area (Å²) < 4.78 is 35.8. The minimum absolute atomic E-state index is 0.0316. The van der Waals surface area contributed by atoms with Gasteiger partial charge in [-0.05, 0) is 18.2 Å². The molecule has 4 nitrogen and oxygen atoms in total. The second-order valence-electron chi connectivity index (χ2n) is 3.72. The molecule has 0 aliphatic rings. The van der Waals surface area contributed by atoms with Crippen molar-refractivity contribution in [2.75, 3.05) is 5.32 Å². The van der Waals surface area contributed by atoms with E-state index < -0.39 is 30.8 Å². The molecule has 0 unspecified atom stereocenters. The number of halogens is 4. The first-order valence-electron chi connectivity index (χ1n) is 5.15. The summed E-state index contributed by atoms with van der Waals surface area (Å²) in [5.41, 5.74) is 5.04. The summed E-state index contributed by atoms with van der Waals surface area (Å²) in [5.74, 6) is -1.70. The number of hydrogen-bond donors (Lipinski definition) is 2. The van der Waals surface area contributed by atoms with Crippen LogP contribution in [0.4, 0.5) is 18.9 Å². The summed E-state index contributed by atoms with van der Waals surface area (Å²) in [4.78, 5) is 22.4. The van der Waals surface area contributed by atoms with E-state index in [0.717, 1.165) is 0 Å². The molecule has 1 aromatic carbocycles. The van der Waals surface area contributed by atoms with Crippen LogP contribution in [0.2, 0.25) is 5.02 Å². The van der Waals surface area contributed by atoms with Crippen molar-refractivity contribution in [2.45, 2.75) is 19.0 Å². The molecule has 0 aliphatic carbocycles. The number of hydrogen-bond acceptors (Lipinski definition) is 2. The summed E-state index contributed by atoms with van der Waals surface area (Å²) in [6.45, 7) is 0. The predicted octanol–water partition coefficient (Wildman–Crippen LogP) is 2.72. The highest BCUT2D eigenvalue weighted by atomic mass is 35.5. The number of carbonyl (C=O) groups excluding carboxylic acids is 2. The van der Waals surface area contributed by atoms with Crippen LogP contribution in [0.5, 0.6) is 0 Å². The summed E-state index contributed by atoms with van der Waals surface area (Å²) in [6.07, 6.45) is -6.38. The third-order valence-corrected chi connectivity index (χ3v) is 2.39. The Morgan fingerprint density at radius 3 is 2.47 bits per heavy atom. The SMILES string of the molecule is NC(=O)c1cc(Cl)ccc1NC(=O)CCC(F)(F)F. The Morgan fingerprint density at radius 2 is 1.95 bits per heavy atom. The molecule has 0 fully saturated rings. The van der Waals surface area contributed by atoms with Gasteiger partial charge in [-0.3, -0.25) is 9.59 Å². The lowest BCUT2D eigenvalue weighted by molar-refractivity contribution is -0.142. The Kier molecular flexibility index (Phi) is 4.77. The zero-order chi connectivity index (χ0) is 14.6. The Labute approximate surface area is 111 Å². The molecule has 0 aromatic heterocycles. The number of nitrogens with one attached hydrogen (secondary N) is 1. The van der Waals surface area contributed by atoms with Gasteiger partial charge in [0.15, 0.2) is 0 Å². The Balaban J connectivity index is 2.77. The fourth-order valence-corrected chi connectivity index (χ4v) is 1.47. The van der Waals surface area contributed by atoms with Gasteiger partial charge in [-0.25, -0.2) is 0 Å². The normalized spacial score (nSPS) is 11.2. The van der Waals surface area contributed by atoms with Crippen LogP contribution in [0.15, 0.2) is 18.2 Å². The van der Waals surface area contributed by atoms with Crippen molar-refractivity contribution in [3.63, 3.8) is 0 Å². The van der Waals surface area contributed by atoms with Crippen molar-refractivity contribution in [1.82, 2.24) is 0 Å². The van der Waals surface area contributed by atoms with E-state index in [1.165, 1.54) is 18.2 Å². The summed E-state index contributed by atoms with van der Waals surface area (Å²) >= 11 is 5.65. The molecule has 0 bridgehead atoms. The highest BCUT2D eigenvalue weighted by Crippen LogP contribution is 2.23. The van der Waals surface area contributed by atoms with Crippen molar-refractivity contribution >= 4 is 29.1 Å². The average Bonchev–Trinajstić information content (AvgIpc) is 2.28. The minimum Gasteiger partial charge on any atom is -0.366 e. The van der Waals surface area contributed by atoms with Crippen LogP contribution < -0.4 is 11.1 Å². The largest absolute Gasteiger partial charge is 0.389 e. The lowest BCUT2D eigenvalue weighted by Gasteiger charge is -2.10. The molecule has 3 N–H and O–H groups in total. The van der Waals surface area contributed by atoms with Crippen LogP contribution in [0.3, 0.4) is 0 Å². The Bertz CT molecular complexity index is 503. The molecule has 1 aromatic rings. The van der Waals surface area contributed by atoms with E-state index in [1.807, 2.05) is 0 Å². The van der Waals surface area contributed by atoms with Crippen molar-refractivity contribution < 1.29 is 22.8 Å². The first-order chi connectivity index (χ1) is 8.69. The maximum Gasteiger partial charge on any atom is 0.389 e. The molecule has 0 heterocycles. The van der Waals surface area contributed by atoms with Crippen molar-refractivity contribution in [2.24, 2.45) is 5.73 Å². The van der Waals surface area contributed by atoms with Gasteiger partial charge in [0.1, 0.15) is 0 Å². The lowest BCUT2D eigenvalue weighted by atomic mass is 10.1. The summed E-state index contributed by atoms with van der Waals surface area (Å²) in [5, 5.41) is 2.42. The van der Waals surface area contributed by atoms with Crippen molar-refractivity contribution in [3.8, 4) is 0 Å². The van der Waals surface area contributed by atoms with Gasteiger partial charge in [-0.15, -0.1) is 0 Å². The predicted molar refractivity (Wildman–Crippen MR) is 63.9 cm³/mol. The van der Waals surface area contributed by atoms with E-state index in [1.54, 1.807) is 0 Å². The molecule has 0 atom stereocenters. The van der Waals surface area contributed by atoms with Gasteiger partial charge in [-0.1, -0.05) is 11.6 Å². The van der Waals surface area contributed by atoms with Gasteiger partial charge >= 0.3 is 6.18 Å². The first-order valence-corrected chi connectivity index (χ1v) is 5.53. The highest BCUT2D eigenvalue weighted by molar-refractivity contribution is 6.31. The number of rotatable bonds is 4. The maximum absolute atomic E-state index is 11.9. The second-order valence-corrected chi connectivity index (χ2v) is 4.15. The molecule has 0 saturated carbocycles. The molecular formula is C11H10ClF3N2O2. The van der Waals surface area contributed by atoms with E-state index in [0.29, 0.717) is 0 Å².